The Kier molecular flexibility index (Phi) is 4.04. The van der Waals surface area contributed by atoms with Crippen molar-refractivity contribution in [3.63, 3.8) is 0 Å². The molecule has 0 aliphatic carbocycles. The van der Waals surface area contributed by atoms with E-state index in [0.717, 1.165) is 12.4 Å². The third kappa shape index (κ3) is 2.92. The highest BCUT2D eigenvalue weighted by Crippen LogP contribution is 2.10. The first-order valence-corrected chi connectivity index (χ1v) is 6.25. The van der Waals surface area contributed by atoms with Crippen LogP contribution in [-0.4, -0.2) is 26.8 Å². The molecule has 1 heterocycles. The summed E-state index contributed by atoms with van der Waals surface area (Å²) >= 11 is 0. The fraction of sp³-hybridized carbons (Fsp3) is 0.462. The number of rotatable bonds is 5. The number of hydrogen-bond donors (Lipinski definition) is 1. The molecule has 1 N–H and O–H groups in total. The normalized spacial score (nSPS) is 12.6. The van der Waals surface area contributed by atoms with Gasteiger partial charge in [0, 0.05) is 0 Å². The zero-order valence-electron chi connectivity index (χ0n) is 11.1. The Morgan fingerprint density at radius 2 is 2.00 bits per heavy atom. The summed E-state index contributed by atoms with van der Waals surface area (Å²) in [5.74, 6) is 0.873. The van der Waals surface area contributed by atoms with E-state index in [-0.39, 0.29) is 6.04 Å². The number of benzene rings is 1. The molecule has 0 saturated heterocycles. The van der Waals surface area contributed by atoms with Crippen LogP contribution in [-0.2, 0) is 6.54 Å². The van der Waals surface area contributed by atoms with Gasteiger partial charge in [-0.05, 0) is 36.4 Å². The van der Waals surface area contributed by atoms with Crippen LogP contribution < -0.4 is 5.32 Å². The summed E-state index contributed by atoms with van der Waals surface area (Å²) in [6.07, 6.45) is 0. The quantitative estimate of drug-likeness (QED) is 0.871. The minimum atomic E-state index is 0.162. The molecule has 0 bridgehead atoms. The zero-order valence-corrected chi connectivity index (χ0v) is 11.1. The molecule has 0 aliphatic heterocycles. The molecule has 96 valence electrons. The number of aryl methyl sites for hydroxylation is 1. The van der Waals surface area contributed by atoms with Crippen LogP contribution in [0.25, 0.3) is 0 Å². The summed E-state index contributed by atoms with van der Waals surface area (Å²) in [5.41, 5.74) is 2.47. The predicted molar refractivity (Wildman–Crippen MR) is 70.2 cm³/mol. The van der Waals surface area contributed by atoms with Gasteiger partial charge in [-0.2, -0.15) is 0 Å². The maximum Gasteiger partial charge on any atom is 0.168 e. The van der Waals surface area contributed by atoms with Gasteiger partial charge in [0.15, 0.2) is 5.82 Å². The SMILES string of the molecule is CCNC(C)c1nnnn1Cc1ccc(C)cc1. The molecule has 0 radical (unpaired) electrons. The van der Waals surface area contributed by atoms with Crippen LogP contribution in [0.5, 0.6) is 0 Å². The summed E-state index contributed by atoms with van der Waals surface area (Å²) < 4.78 is 1.85. The Labute approximate surface area is 107 Å². The van der Waals surface area contributed by atoms with Gasteiger partial charge in [-0.3, -0.25) is 0 Å². The van der Waals surface area contributed by atoms with Gasteiger partial charge in [0.25, 0.3) is 0 Å². The standard InChI is InChI=1S/C13H19N5/c1-4-14-11(3)13-15-16-17-18(13)9-12-7-5-10(2)6-8-12/h5-8,11,14H,4,9H2,1-3H3. The average molecular weight is 245 g/mol. The van der Waals surface area contributed by atoms with Gasteiger partial charge in [-0.25, -0.2) is 4.68 Å². The molecule has 1 aromatic carbocycles. The largest absolute Gasteiger partial charge is 0.308 e. The highest BCUT2D eigenvalue weighted by atomic mass is 15.5. The number of hydrogen-bond acceptors (Lipinski definition) is 4. The first kappa shape index (κ1) is 12.7. The lowest BCUT2D eigenvalue weighted by Gasteiger charge is -2.12. The van der Waals surface area contributed by atoms with Crippen LogP contribution in [0.15, 0.2) is 24.3 Å². The highest BCUT2D eigenvalue weighted by molar-refractivity contribution is 5.21. The van der Waals surface area contributed by atoms with Crippen molar-refractivity contribution in [2.75, 3.05) is 6.54 Å². The minimum Gasteiger partial charge on any atom is -0.308 e. The molecule has 0 saturated carbocycles. The van der Waals surface area contributed by atoms with E-state index < -0.39 is 0 Å². The van der Waals surface area contributed by atoms with E-state index in [0.29, 0.717) is 6.54 Å². The molecule has 1 aromatic heterocycles. The van der Waals surface area contributed by atoms with Crippen molar-refractivity contribution in [2.45, 2.75) is 33.4 Å². The lowest BCUT2D eigenvalue weighted by atomic mass is 10.1. The van der Waals surface area contributed by atoms with Crippen LogP contribution in [0.1, 0.15) is 36.8 Å². The maximum absolute atomic E-state index is 4.09. The Bertz CT molecular complexity index is 488. The third-order valence-electron chi connectivity index (χ3n) is 2.91. The monoisotopic (exact) mass is 245 g/mol. The van der Waals surface area contributed by atoms with E-state index in [1.54, 1.807) is 0 Å². The Morgan fingerprint density at radius 1 is 1.28 bits per heavy atom. The van der Waals surface area contributed by atoms with Crippen molar-refractivity contribution in [1.29, 1.82) is 0 Å². The van der Waals surface area contributed by atoms with Crippen LogP contribution >= 0.6 is 0 Å². The summed E-state index contributed by atoms with van der Waals surface area (Å²) in [5, 5.41) is 15.2. The summed E-state index contributed by atoms with van der Waals surface area (Å²) in [4.78, 5) is 0. The molecular weight excluding hydrogens is 226 g/mol. The van der Waals surface area contributed by atoms with E-state index >= 15 is 0 Å². The van der Waals surface area contributed by atoms with Crippen molar-refractivity contribution in [1.82, 2.24) is 25.5 Å². The van der Waals surface area contributed by atoms with E-state index in [1.165, 1.54) is 11.1 Å². The number of tetrazole rings is 1. The fourth-order valence-electron chi connectivity index (χ4n) is 1.90. The number of nitrogens with zero attached hydrogens (tertiary/aromatic N) is 4. The van der Waals surface area contributed by atoms with Gasteiger partial charge in [0.2, 0.25) is 0 Å². The molecule has 2 rings (SSSR count). The Balaban J connectivity index is 2.14. The molecule has 1 atom stereocenters. The van der Waals surface area contributed by atoms with Gasteiger partial charge in [0.05, 0.1) is 12.6 Å². The third-order valence-corrected chi connectivity index (χ3v) is 2.91. The average Bonchev–Trinajstić information content (AvgIpc) is 2.81. The second-order valence-corrected chi connectivity index (χ2v) is 4.46. The second-order valence-electron chi connectivity index (χ2n) is 4.46. The van der Waals surface area contributed by atoms with Crippen molar-refractivity contribution in [2.24, 2.45) is 0 Å². The van der Waals surface area contributed by atoms with Crippen LogP contribution in [0.2, 0.25) is 0 Å². The molecular formula is C13H19N5. The highest BCUT2D eigenvalue weighted by Gasteiger charge is 2.13. The van der Waals surface area contributed by atoms with Crippen molar-refractivity contribution < 1.29 is 0 Å². The Morgan fingerprint density at radius 3 is 2.67 bits per heavy atom. The summed E-state index contributed by atoms with van der Waals surface area (Å²) in [6.45, 7) is 7.84. The molecule has 0 amide bonds. The van der Waals surface area contributed by atoms with Crippen LogP contribution in [0.4, 0.5) is 0 Å². The van der Waals surface area contributed by atoms with Crippen molar-refractivity contribution in [3.05, 3.63) is 41.2 Å². The van der Waals surface area contributed by atoms with Gasteiger partial charge in [-0.1, -0.05) is 36.8 Å². The fourth-order valence-corrected chi connectivity index (χ4v) is 1.90. The molecule has 0 aliphatic rings. The Hall–Kier alpha value is -1.75. The number of nitrogens with one attached hydrogen (secondary N) is 1. The van der Waals surface area contributed by atoms with Crippen molar-refractivity contribution in [3.8, 4) is 0 Å². The van der Waals surface area contributed by atoms with Crippen LogP contribution in [0.3, 0.4) is 0 Å². The predicted octanol–water partition coefficient (Wildman–Crippen LogP) is 1.70. The van der Waals surface area contributed by atoms with Gasteiger partial charge >= 0.3 is 0 Å². The molecule has 2 aromatic rings. The molecule has 5 nitrogen and oxygen atoms in total. The van der Waals surface area contributed by atoms with E-state index in [9.17, 15) is 0 Å². The molecule has 0 spiro atoms. The minimum absolute atomic E-state index is 0.162. The van der Waals surface area contributed by atoms with Gasteiger partial charge in [-0.15, -0.1) is 5.10 Å². The van der Waals surface area contributed by atoms with Gasteiger partial charge < -0.3 is 5.32 Å². The number of aromatic nitrogens is 4. The summed E-state index contributed by atoms with van der Waals surface area (Å²) in [7, 11) is 0. The van der Waals surface area contributed by atoms with Crippen molar-refractivity contribution >= 4 is 0 Å². The molecule has 0 fully saturated rings. The van der Waals surface area contributed by atoms with E-state index in [4.69, 9.17) is 0 Å². The molecule has 5 heteroatoms. The zero-order chi connectivity index (χ0) is 13.0. The topological polar surface area (TPSA) is 55.6 Å². The van der Waals surface area contributed by atoms with Gasteiger partial charge in [0.1, 0.15) is 0 Å². The van der Waals surface area contributed by atoms with Crippen LogP contribution in [0, 0.1) is 6.92 Å². The molecule has 1 unspecified atom stereocenters. The molecule has 18 heavy (non-hydrogen) atoms. The smallest absolute Gasteiger partial charge is 0.168 e. The van der Waals surface area contributed by atoms with E-state index in [2.05, 4.69) is 65.9 Å². The summed E-state index contributed by atoms with van der Waals surface area (Å²) in [6, 6.07) is 8.59. The first-order valence-electron chi connectivity index (χ1n) is 6.25. The lowest BCUT2D eigenvalue weighted by Crippen LogP contribution is -2.22. The van der Waals surface area contributed by atoms with E-state index in [1.807, 2.05) is 4.68 Å². The first-order chi connectivity index (χ1) is 8.70. The second kappa shape index (κ2) is 5.73. The maximum atomic E-state index is 4.09. The lowest BCUT2D eigenvalue weighted by molar-refractivity contribution is 0.516.